The summed E-state index contributed by atoms with van der Waals surface area (Å²) in [7, 11) is 1.66. The van der Waals surface area contributed by atoms with Gasteiger partial charge in [0.25, 0.3) is 0 Å². The van der Waals surface area contributed by atoms with Crippen molar-refractivity contribution in [2.45, 2.75) is 32.4 Å². The molecule has 5 rings (SSSR count). The first-order chi connectivity index (χ1) is 15.1. The van der Waals surface area contributed by atoms with Crippen LogP contribution in [0.3, 0.4) is 0 Å². The summed E-state index contributed by atoms with van der Waals surface area (Å²) in [4.78, 5) is 15.2. The Balaban J connectivity index is 1.13. The van der Waals surface area contributed by atoms with Gasteiger partial charge in [0.05, 0.1) is 7.11 Å². The fourth-order valence-electron chi connectivity index (χ4n) is 5.45. The molecule has 4 nitrogen and oxygen atoms in total. The lowest BCUT2D eigenvalue weighted by atomic mass is 9.57. The van der Waals surface area contributed by atoms with E-state index in [1.807, 2.05) is 24.3 Å². The largest absolute Gasteiger partial charge is 0.497 e. The fourth-order valence-corrected chi connectivity index (χ4v) is 5.45. The second-order valence-corrected chi connectivity index (χ2v) is 9.32. The Labute approximate surface area is 184 Å². The Morgan fingerprint density at radius 3 is 2.65 bits per heavy atom. The summed E-state index contributed by atoms with van der Waals surface area (Å²) >= 11 is 0. The molecular weight excluding hydrogens is 384 g/mol. The predicted molar refractivity (Wildman–Crippen MR) is 124 cm³/mol. The number of nitrogens with one attached hydrogen (secondary N) is 1. The number of nitrogens with zero attached hydrogens (tertiary/aromatic N) is 1. The highest BCUT2D eigenvalue weighted by Gasteiger charge is 2.55. The van der Waals surface area contributed by atoms with Crippen LogP contribution in [0.5, 0.6) is 5.75 Å². The van der Waals surface area contributed by atoms with Crippen LogP contribution < -0.4 is 10.1 Å². The van der Waals surface area contributed by atoms with E-state index in [2.05, 4.69) is 59.6 Å². The molecule has 1 atom stereocenters. The maximum Gasteiger partial charge on any atom is 0.223 e. The second kappa shape index (κ2) is 8.01. The smallest absolute Gasteiger partial charge is 0.223 e. The second-order valence-electron chi connectivity index (χ2n) is 9.32. The number of hydrogen-bond donors (Lipinski definition) is 1. The third kappa shape index (κ3) is 3.81. The van der Waals surface area contributed by atoms with Crippen molar-refractivity contribution >= 4 is 16.7 Å². The van der Waals surface area contributed by atoms with Gasteiger partial charge in [-0.3, -0.25) is 9.69 Å². The average molecular weight is 415 g/mol. The van der Waals surface area contributed by atoms with Crippen LogP contribution in [-0.2, 0) is 11.3 Å². The fraction of sp³-hybridized carbons (Fsp3) is 0.370. The lowest BCUT2D eigenvalue weighted by Gasteiger charge is -2.60. The monoisotopic (exact) mass is 414 g/mol. The van der Waals surface area contributed by atoms with Crippen LogP contribution in [0.2, 0.25) is 0 Å². The van der Waals surface area contributed by atoms with Crippen LogP contribution in [0.4, 0.5) is 0 Å². The number of amides is 1. The van der Waals surface area contributed by atoms with Gasteiger partial charge in [-0.1, -0.05) is 54.6 Å². The molecule has 1 aliphatic heterocycles. The minimum absolute atomic E-state index is 0.153. The van der Waals surface area contributed by atoms with Crippen LogP contribution >= 0.6 is 0 Å². The lowest BCUT2D eigenvalue weighted by molar-refractivity contribution is -0.148. The topological polar surface area (TPSA) is 41.6 Å². The first kappa shape index (κ1) is 20.1. The molecule has 3 aromatic carbocycles. The molecule has 2 fully saturated rings. The van der Waals surface area contributed by atoms with Crippen LogP contribution in [0, 0.1) is 11.3 Å². The summed E-state index contributed by atoms with van der Waals surface area (Å²) < 4.78 is 5.26. The van der Waals surface area contributed by atoms with E-state index < -0.39 is 0 Å². The number of ether oxygens (including phenoxy) is 1. The van der Waals surface area contributed by atoms with Crippen molar-refractivity contribution < 1.29 is 9.53 Å². The Morgan fingerprint density at radius 2 is 1.84 bits per heavy atom. The molecule has 4 heteroatoms. The molecule has 1 saturated carbocycles. The summed E-state index contributed by atoms with van der Waals surface area (Å²) in [6.07, 6.45) is 2.02. The highest BCUT2D eigenvalue weighted by Crippen LogP contribution is 2.54. The quantitative estimate of drug-likeness (QED) is 0.621. The lowest BCUT2D eigenvalue weighted by Crippen LogP contribution is -2.64. The molecule has 0 bridgehead atoms. The molecule has 31 heavy (non-hydrogen) atoms. The number of fused-ring (bicyclic) bond motifs is 1. The van der Waals surface area contributed by atoms with Gasteiger partial charge < -0.3 is 10.1 Å². The number of rotatable bonds is 6. The minimum atomic E-state index is 0.153. The summed E-state index contributed by atoms with van der Waals surface area (Å²) in [5.74, 6) is 1.17. The normalized spacial score (nSPS) is 18.9. The van der Waals surface area contributed by atoms with Crippen LogP contribution in [0.25, 0.3) is 10.8 Å². The van der Waals surface area contributed by atoms with Crippen molar-refractivity contribution in [3.63, 3.8) is 0 Å². The molecule has 0 aromatic heterocycles. The molecule has 1 N–H and O–H groups in total. The van der Waals surface area contributed by atoms with E-state index in [4.69, 9.17) is 4.74 Å². The zero-order valence-electron chi connectivity index (χ0n) is 18.3. The molecule has 1 aliphatic carbocycles. The zero-order valence-corrected chi connectivity index (χ0v) is 18.3. The SMILES string of the molecule is COc1cccc(CNC(=O)C2CC3(C2)CN([C@H](C)c2cccc4ccccc24)C3)c1. The van der Waals surface area contributed by atoms with Crippen LogP contribution in [0.1, 0.15) is 36.9 Å². The number of hydrogen-bond acceptors (Lipinski definition) is 3. The third-order valence-electron chi connectivity index (χ3n) is 7.23. The summed E-state index contributed by atoms with van der Waals surface area (Å²) in [6, 6.07) is 23.5. The molecule has 1 amide bonds. The van der Waals surface area contributed by atoms with Crippen molar-refractivity contribution in [2.24, 2.45) is 11.3 Å². The van der Waals surface area contributed by atoms with Gasteiger partial charge in [0.15, 0.2) is 0 Å². The molecule has 1 saturated heterocycles. The molecular formula is C27H30N2O2. The first-order valence-electron chi connectivity index (χ1n) is 11.2. The average Bonchev–Trinajstić information content (AvgIpc) is 2.75. The van der Waals surface area contributed by atoms with E-state index in [-0.39, 0.29) is 11.8 Å². The maximum absolute atomic E-state index is 12.6. The van der Waals surface area contributed by atoms with E-state index >= 15 is 0 Å². The summed E-state index contributed by atoms with van der Waals surface area (Å²) in [5, 5.41) is 5.76. The minimum Gasteiger partial charge on any atom is -0.497 e. The van der Waals surface area contributed by atoms with Gasteiger partial charge in [0.1, 0.15) is 5.75 Å². The van der Waals surface area contributed by atoms with Crippen molar-refractivity contribution in [1.82, 2.24) is 10.2 Å². The van der Waals surface area contributed by atoms with E-state index in [9.17, 15) is 4.79 Å². The summed E-state index contributed by atoms with van der Waals surface area (Å²) in [6.45, 7) is 5.06. The van der Waals surface area contributed by atoms with E-state index in [1.165, 1.54) is 16.3 Å². The Kier molecular flexibility index (Phi) is 5.19. The van der Waals surface area contributed by atoms with Crippen LogP contribution in [0.15, 0.2) is 66.7 Å². The van der Waals surface area contributed by atoms with Gasteiger partial charge in [-0.05, 0) is 59.2 Å². The molecule has 0 radical (unpaired) electrons. The number of methoxy groups -OCH3 is 1. The Hall–Kier alpha value is -2.85. The molecule has 3 aromatic rings. The van der Waals surface area contributed by atoms with E-state index in [0.717, 1.165) is 37.2 Å². The predicted octanol–water partition coefficient (Wildman–Crippen LogP) is 4.94. The molecule has 2 aliphatic rings. The number of carbonyl (C=O) groups excluding carboxylic acids is 1. The van der Waals surface area contributed by atoms with Crippen molar-refractivity contribution in [1.29, 1.82) is 0 Å². The third-order valence-corrected chi connectivity index (χ3v) is 7.23. The van der Waals surface area contributed by atoms with Crippen molar-refractivity contribution in [3.8, 4) is 5.75 Å². The number of carbonyl (C=O) groups is 1. The van der Waals surface area contributed by atoms with Crippen LogP contribution in [-0.4, -0.2) is 31.0 Å². The van der Waals surface area contributed by atoms with Crippen molar-refractivity contribution in [2.75, 3.05) is 20.2 Å². The molecule has 0 unspecified atom stereocenters. The molecule has 1 spiro atoms. The van der Waals surface area contributed by atoms with Crippen molar-refractivity contribution in [3.05, 3.63) is 77.9 Å². The van der Waals surface area contributed by atoms with E-state index in [1.54, 1.807) is 7.11 Å². The number of likely N-dealkylation sites (tertiary alicyclic amines) is 1. The molecule has 1 heterocycles. The zero-order chi connectivity index (χ0) is 21.4. The van der Waals surface area contributed by atoms with Gasteiger partial charge >= 0.3 is 0 Å². The first-order valence-corrected chi connectivity index (χ1v) is 11.2. The molecule has 160 valence electrons. The Bertz CT molecular complexity index is 1090. The van der Waals surface area contributed by atoms with Gasteiger partial charge in [-0.25, -0.2) is 0 Å². The van der Waals surface area contributed by atoms with Gasteiger partial charge in [-0.15, -0.1) is 0 Å². The van der Waals surface area contributed by atoms with Gasteiger partial charge in [0.2, 0.25) is 5.91 Å². The Morgan fingerprint density at radius 1 is 1.10 bits per heavy atom. The van der Waals surface area contributed by atoms with Gasteiger partial charge in [-0.2, -0.15) is 0 Å². The summed E-state index contributed by atoms with van der Waals surface area (Å²) in [5.41, 5.74) is 2.82. The maximum atomic E-state index is 12.6. The van der Waals surface area contributed by atoms with Gasteiger partial charge in [0, 0.05) is 31.6 Å². The van der Waals surface area contributed by atoms with E-state index in [0.29, 0.717) is 18.0 Å². The highest BCUT2D eigenvalue weighted by molar-refractivity contribution is 5.86. The standard InChI is InChI=1S/C27H30N2O2/c1-19(24-12-6-9-21-8-3-4-11-25(21)24)29-17-27(18-29)14-22(15-27)26(30)28-16-20-7-5-10-23(13-20)31-2/h3-13,19,22H,14-18H2,1-2H3,(H,28,30)/t19-/m1/s1. The highest BCUT2D eigenvalue weighted by atomic mass is 16.5. The number of benzene rings is 3.